The molecular weight excluding hydrogens is 324 g/mol. The normalized spacial score (nSPS) is 14.8. The van der Waals surface area contributed by atoms with Crippen LogP contribution in [0.1, 0.15) is 54.9 Å². The van der Waals surface area contributed by atoms with Gasteiger partial charge < -0.3 is 19.6 Å². The maximum absolute atomic E-state index is 12.3. The summed E-state index contributed by atoms with van der Waals surface area (Å²) in [5.41, 5.74) is 1.01. The third-order valence-corrected chi connectivity index (χ3v) is 4.34. The quantitative estimate of drug-likeness (QED) is 0.852. The molecule has 0 aromatic carbocycles. The first-order chi connectivity index (χ1) is 11.8. The lowest BCUT2D eigenvalue weighted by molar-refractivity contribution is -0.138. The predicted octanol–water partition coefficient (Wildman–Crippen LogP) is 0.917. The highest BCUT2D eigenvalue weighted by Crippen LogP contribution is 2.21. The summed E-state index contributed by atoms with van der Waals surface area (Å²) in [4.78, 5) is 39.3. The summed E-state index contributed by atoms with van der Waals surface area (Å²) in [5, 5.41) is 6.62. The second-order valence-corrected chi connectivity index (χ2v) is 6.55. The molecule has 25 heavy (non-hydrogen) atoms. The standard InChI is InChI=1S/C17H26N4O4/c1-11(2)16-15(12(3)19-25-16)17(24)18-6-5-14(23)21-9-7-20(8-10-21)13(4)22/h11H,5-10H2,1-4H3,(H,18,24). The van der Waals surface area contributed by atoms with Crippen molar-refractivity contribution in [3.63, 3.8) is 0 Å². The smallest absolute Gasteiger partial charge is 0.256 e. The van der Waals surface area contributed by atoms with E-state index in [-0.39, 0.29) is 36.6 Å². The Kier molecular flexibility index (Phi) is 6.17. The highest BCUT2D eigenvalue weighted by molar-refractivity contribution is 5.96. The summed E-state index contributed by atoms with van der Waals surface area (Å²) in [6.45, 7) is 9.57. The molecule has 2 rings (SSSR count). The lowest BCUT2D eigenvalue weighted by atomic mass is 10.0. The molecule has 1 fully saturated rings. The molecule has 3 amide bonds. The van der Waals surface area contributed by atoms with Crippen LogP contribution in [-0.2, 0) is 9.59 Å². The Labute approximate surface area is 147 Å². The maximum atomic E-state index is 12.3. The third-order valence-electron chi connectivity index (χ3n) is 4.34. The van der Waals surface area contributed by atoms with Crippen molar-refractivity contribution in [1.29, 1.82) is 0 Å². The number of piperazine rings is 1. The molecule has 0 atom stereocenters. The Morgan fingerprint density at radius 3 is 2.32 bits per heavy atom. The fourth-order valence-corrected chi connectivity index (χ4v) is 2.86. The molecule has 1 aromatic rings. The lowest BCUT2D eigenvalue weighted by Crippen LogP contribution is -2.50. The van der Waals surface area contributed by atoms with Crippen LogP contribution in [0.4, 0.5) is 0 Å². The second-order valence-electron chi connectivity index (χ2n) is 6.55. The van der Waals surface area contributed by atoms with Gasteiger partial charge in [0.15, 0.2) is 5.76 Å². The fourth-order valence-electron chi connectivity index (χ4n) is 2.86. The molecule has 8 nitrogen and oxygen atoms in total. The zero-order valence-electron chi connectivity index (χ0n) is 15.3. The van der Waals surface area contributed by atoms with Gasteiger partial charge in [0, 0.05) is 52.0 Å². The number of carbonyl (C=O) groups excluding carboxylic acids is 3. The number of nitrogens with one attached hydrogen (secondary N) is 1. The van der Waals surface area contributed by atoms with Gasteiger partial charge in [-0.3, -0.25) is 14.4 Å². The molecule has 0 spiro atoms. The third kappa shape index (κ3) is 4.58. The molecular formula is C17H26N4O4. The van der Waals surface area contributed by atoms with E-state index >= 15 is 0 Å². The van der Waals surface area contributed by atoms with E-state index in [0.717, 1.165) is 0 Å². The SMILES string of the molecule is CC(=O)N1CCN(C(=O)CCNC(=O)c2c(C)noc2C(C)C)CC1. The Morgan fingerprint density at radius 2 is 1.76 bits per heavy atom. The Hall–Kier alpha value is -2.38. The average Bonchev–Trinajstić information content (AvgIpc) is 2.96. The minimum atomic E-state index is -0.267. The zero-order chi connectivity index (χ0) is 18.6. The van der Waals surface area contributed by atoms with Crippen LogP contribution in [-0.4, -0.2) is 65.4 Å². The van der Waals surface area contributed by atoms with Crippen molar-refractivity contribution in [1.82, 2.24) is 20.3 Å². The number of hydrogen-bond donors (Lipinski definition) is 1. The molecule has 2 heterocycles. The summed E-state index contributed by atoms with van der Waals surface area (Å²) < 4.78 is 5.21. The monoisotopic (exact) mass is 350 g/mol. The van der Waals surface area contributed by atoms with E-state index in [4.69, 9.17) is 4.52 Å². The van der Waals surface area contributed by atoms with E-state index in [1.54, 1.807) is 16.7 Å². The highest BCUT2D eigenvalue weighted by Gasteiger charge is 2.24. The molecule has 8 heteroatoms. The van der Waals surface area contributed by atoms with Gasteiger partial charge in [-0.25, -0.2) is 0 Å². The van der Waals surface area contributed by atoms with E-state index in [0.29, 0.717) is 43.2 Å². The van der Waals surface area contributed by atoms with Crippen molar-refractivity contribution in [3.8, 4) is 0 Å². The zero-order valence-corrected chi connectivity index (χ0v) is 15.3. The molecule has 1 aromatic heterocycles. The molecule has 0 saturated carbocycles. The van der Waals surface area contributed by atoms with E-state index in [2.05, 4.69) is 10.5 Å². The van der Waals surface area contributed by atoms with Crippen molar-refractivity contribution in [2.24, 2.45) is 0 Å². The molecule has 138 valence electrons. The number of amides is 3. The number of aryl methyl sites for hydroxylation is 1. The summed E-state index contributed by atoms with van der Waals surface area (Å²) >= 11 is 0. The number of aromatic nitrogens is 1. The molecule has 1 N–H and O–H groups in total. The summed E-state index contributed by atoms with van der Waals surface area (Å²) in [6.07, 6.45) is 0.229. The van der Waals surface area contributed by atoms with Gasteiger partial charge in [0.25, 0.3) is 5.91 Å². The first kappa shape index (κ1) is 19.0. The molecule has 0 radical (unpaired) electrons. The van der Waals surface area contributed by atoms with Crippen molar-refractivity contribution >= 4 is 17.7 Å². The Balaban J connectivity index is 1.81. The largest absolute Gasteiger partial charge is 0.360 e. The van der Waals surface area contributed by atoms with Crippen LogP contribution in [0.15, 0.2) is 4.52 Å². The molecule has 1 saturated heterocycles. The van der Waals surface area contributed by atoms with Gasteiger partial charge in [-0.05, 0) is 6.92 Å². The number of carbonyl (C=O) groups is 3. The van der Waals surface area contributed by atoms with Crippen molar-refractivity contribution < 1.29 is 18.9 Å². The molecule has 0 aliphatic carbocycles. The minimum absolute atomic E-state index is 0.0189. The van der Waals surface area contributed by atoms with Gasteiger partial charge in [-0.2, -0.15) is 0 Å². The van der Waals surface area contributed by atoms with Crippen molar-refractivity contribution in [2.75, 3.05) is 32.7 Å². The Morgan fingerprint density at radius 1 is 1.16 bits per heavy atom. The van der Waals surface area contributed by atoms with Crippen LogP contribution in [0, 0.1) is 6.92 Å². The summed E-state index contributed by atoms with van der Waals surface area (Å²) in [7, 11) is 0. The van der Waals surface area contributed by atoms with Crippen LogP contribution < -0.4 is 5.32 Å². The summed E-state index contributed by atoms with van der Waals surface area (Å²) in [5.74, 6) is 0.360. The average molecular weight is 350 g/mol. The second kappa shape index (κ2) is 8.13. The van der Waals surface area contributed by atoms with Crippen molar-refractivity contribution in [3.05, 3.63) is 17.0 Å². The van der Waals surface area contributed by atoms with Crippen LogP contribution in [0.3, 0.4) is 0 Å². The minimum Gasteiger partial charge on any atom is -0.360 e. The fraction of sp³-hybridized carbons (Fsp3) is 0.647. The van der Waals surface area contributed by atoms with E-state index in [1.165, 1.54) is 6.92 Å². The molecule has 1 aliphatic heterocycles. The molecule has 0 bridgehead atoms. The molecule has 1 aliphatic rings. The van der Waals surface area contributed by atoms with Crippen LogP contribution >= 0.6 is 0 Å². The highest BCUT2D eigenvalue weighted by atomic mass is 16.5. The lowest BCUT2D eigenvalue weighted by Gasteiger charge is -2.34. The van der Waals surface area contributed by atoms with Crippen LogP contribution in [0.5, 0.6) is 0 Å². The van der Waals surface area contributed by atoms with E-state index in [9.17, 15) is 14.4 Å². The Bertz CT molecular complexity index is 645. The maximum Gasteiger partial charge on any atom is 0.256 e. The topological polar surface area (TPSA) is 95.8 Å². The first-order valence-corrected chi connectivity index (χ1v) is 8.59. The number of nitrogens with zero attached hydrogens (tertiary/aromatic N) is 3. The van der Waals surface area contributed by atoms with Gasteiger partial charge in [0.1, 0.15) is 5.56 Å². The van der Waals surface area contributed by atoms with Gasteiger partial charge >= 0.3 is 0 Å². The van der Waals surface area contributed by atoms with Crippen LogP contribution in [0.2, 0.25) is 0 Å². The van der Waals surface area contributed by atoms with E-state index < -0.39 is 0 Å². The number of rotatable bonds is 5. The van der Waals surface area contributed by atoms with Gasteiger partial charge in [0.2, 0.25) is 11.8 Å². The predicted molar refractivity (Wildman–Crippen MR) is 91.1 cm³/mol. The van der Waals surface area contributed by atoms with Gasteiger partial charge in [-0.1, -0.05) is 19.0 Å². The number of hydrogen-bond acceptors (Lipinski definition) is 5. The van der Waals surface area contributed by atoms with Crippen LogP contribution in [0.25, 0.3) is 0 Å². The summed E-state index contributed by atoms with van der Waals surface area (Å²) in [6, 6.07) is 0. The van der Waals surface area contributed by atoms with Gasteiger partial charge in [0.05, 0.1) is 5.69 Å². The van der Waals surface area contributed by atoms with Gasteiger partial charge in [-0.15, -0.1) is 0 Å². The molecule has 0 unspecified atom stereocenters. The first-order valence-electron chi connectivity index (χ1n) is 8.59. The van der Waals surface area contributed by atoms with Crippen molar-refractivity contribution in [2.45, 2.75) is 40.0 Å². The van der Waals surface area contributed by atoms with E-state index in [1.807, 2.05) is 13.8 Å².